The predicted molar refractivity (Wildman–Crippen MR) is 169 cm³/mol. The van der Waals surface area contributed by atoms with E-state index in [4.69, 9.17) is 9.47 Å². The molecular formula is C34H43N5O2. The van der Waals surface area contributed by atoms with Crippen molar-refractivity contribution in [2.45, 2.75) is 57.5 Å². The van der Waals surface area contributed by atoms with Gasteiger partial charge in [0.2, 0.25) is 0 Å². The fraction of sp³-hybridized carbons (Fsp3) is 0.441. The van der Waals surface area contributed by atoms with Gasteiger partial charge in [-0.15, -0.1) is 0 Å². The second-order valence-electron chi connectivity index (χ2n) is 11.8. The molecule has 0 unspecified atom stereocenters. The van der Waals surface area contributed by atoms with Crippen molar-refractivity contribution in [2.75, 3.05) is 50.6 Å². The molecule has 2 N–H and O–H groups in total. The van der Waals surface area contributed by atoms with Gasteiger partial charge < -0.3 is 24.7 Å². The molecule has 1 aliphatic heterocycles. The first kappa shape index (κ1) is 27.5. The quantitative estimate of drug-likeness (QED) is 0.247. The lowest BCUT2D eigenvalue weighted by Gasteiger charge is -2.42. The van der Waals surface area contributed by atoms with Gasteiger partial charge in [0.15, 0.2) is 11.5 Å². The van der Waals surface area contributed by atoms with E-state index in [9.17, 15) is 0 Å². The van der Waals surface area contributed by atoms with Gasteiger partial charge in [-0.25, -0.2) is 0 Å². The van der Waals surface area contributed by atoms with Crippen LogP contribution in [0.3, 0.4) is 0 Å². The van der Waals surface area contributed by atoms with Gasteiger partial charge in [-0.3, -0.25) is 9.88 Å². The summed E-state index contributed by atoms with van der Waals surface area (Å²) in [6.45, 7) is 9.03. The van der Waals surface area contributed by atoms with E-state index in [-0.39, 0.29) is 0 Å². The molecular weight excluding hydrogens is 510 g/mol. The van der Waals surface area contributed by atoms with Crippen LogP contribution in [0.5, 0.6) is 11.5 Å². The lowest BCUT2D eigenvalue weighted by Crippen LogP contribution is -2.51. The zero-order valence-electron chi connectivity index (χ0n) is 24.8. The number of nitrogens with one attached hydrogen (secondary N) is 2. The highest BCUT2D eigenvalue weighted by Crippen LogP contribution is 2.40. The third-order valence-electron chi connectivity index (χ3n) is 9.01. The van der Waals surface area contributed by atoms with Crippen LogP contribution in [0.1, 0.15) is 51.0 Å². The minimum absolute atomic E-state index is 0.372. The summed E-state index contributed by atoms with van der Waals surface area (Å²) in [6.07, 6.45) is 8.75. The number of pyridine rings is 1. The summed E-state index contributed by atoms with van der Waals surface area (Å²) in [5.41, 5.74) is 7.27. The molecule has 0 radical (unpaired) electrons. The van der Waals surface area contributed by atoms with Gasteiger partial charge in [0.05, 0.1) is 19.9 Å². The monoisotopic (exact) mass is 553 g/mol. The van der Waals surface area contributed by atoms with Crippen molar-refractivity contribution in [3.63, 3.8) is 0 Å². The summed E-state index contributed by atoms with van der Waals surface area (Å²) in [5.74, 6) is 1.86. The molecule has 7 nitrogen and oxygen atoms in total. The number of hydrogen-bond acceptors (Lipinski definition) is 6. The van der Waals surface area contributed by atoms with Crippen LogP contribution in [0.25, 0.3) is 22.2 Å². The Morgan fingerprint density at radius 1 is 0.854 bits per heavy atom. The van der Waals surface area contributed by atoms with E-state index in [1.54, 1.807) is 14.2 Å². The van der Waals surface area contributed by atoms with Gasteiger partial charge in [-0.1, -0.05) is 13.8 Å². The lowest BCUT2D eigenvalue weighted by atomic mass is 9.89. The molecule has 1 aliphatic carbocycles. The molecule has 3 heterocycles. The van der Waals surface area contributed by atoms with Crippen molar-refractivity contribution in [1.29, 1.82) is 0 Å². The Morgan fingerprint density at radius 2 is 1.59 bits per heavy atom. The lowest BCUT2D eigenvalue weighted by molar-refractivity contribution is 0.144. The molecule has 1 saturated carbocycles. The zero-order valence-corrected chi connectivity index (χ0v) is 24.8. The van der Waals surface area contributed by atoms with Crippen molar-refractivity contribution in [2.24, 2.45) is 0 Å². The Hall–Kier alpha value is -3.71. The van der Waals surface area contributed by atoms with E-state index in [0.717, 1.165) is 48.9 Å². The first-order valence-electron chi connectivity index (χ1n) is 15.1. The molecule has 0 atom stereocenters. The summed E-state index contributed by atoms with van der Waals surface area (Å²) in [5, 5.41) is 5.18. The number of anilines is 2. The van der Waals surface area contributed by atoms with Gasteiger partial charge in [0.25, 0.3) is 0 Å². The molecule has 2 aromatic heterocycles. The third kappa shape index (κ3) is 5.73. The van der Waals surface area contributed by atoms with Crippen molar-refractivity contribution >= 4 is 22.3 Å². The van der Waals surface area contributed by atoms with Crippen LogP contribution in [0.15, 0.2) is 60.9 Å². The molecule has 2 aromatic carbocycles. The van der Waals surface area contributed by atoms with Crippen molar-refractivity contribution in [1.82, 2.24) is 14.9 Å². The van der Waals surface area contributed by atoms with E-state index >= 15 is 0 Å². The molecule has 216 valence electrons. The highest BCUT2D eigenvalue weighted by molar-refractivity contribution is 5.93. The molecule has 0 bridgehead atoms. The molecule has 6 rings (SSSR count). The number of ether oxygens (including phenoxy) is 2. The summed E-state index contributed by atoms with van der Waals surface area (Å²) < 4.78 is 11.1. The number of rotatable bonds is 8. The minimum Gasteiger partial charge on any atom is -0.493 e. The molecule has 4 aromatic rings. The summed E-state index contributed by atoms with van der Waals surface area (Å²) in [6, 6.07) is 18.4. The van der Waals surface area contributed by atoms with Gasteiger partial charge in [0.1, 0.15) is 0 Å². The van der Waals surface area contributed by atoms with Crippen LogP contribution < -0.4 is 19.7 Å². The van der Waals surface area contributed by atoms with E-state index in [1.165, 1.54) is 53.5 Å². The van der Waals surface area contributed by atoms with E-state index in [1.807, 2.05) is 18.5 Å². The standard InChI is InChI=1S/C34H43N5O2/c1-23(2)33-29-22-26(8-11-30(29)37-34(33)24-5-12-31(40-3)32(21-24)41-4)36-25-6-9-27(10-7-25)38-17-19-39(20-18-38)28-13-15-35-16-14-28/h5,8,11-16,21-23,25,27,36-37H,6-7,9-10,17-20H2,1-4H3. The normalized spacial score (nSPS) is 20.0. The smallest absolute Gasteiger partial charge is 0.161 e. The number of piperazine rings is 1. The maximum absolute atomic E-state index is 5.59. The van der Waals surface area contributed by atoms with E-state index in [2.05, 4.69) is 81.4 Å². The first-order valence-corrected chi connectivity index (χ1v) is 15.1. The molecule has 41 heavy (non-hydrogen) atoms. The minimum atomic E-state index is 0.372. The molecule has 2 aliphatic rings. The fourth-order valence-corrected chi connectivity index (χ4v) is 6.84. The fourth-order valence-electron chi connectivity index (χ4n) is 6.84. The summed E-state index contributed by atoms with van der Waals surface area (Å²) in [4.78, 5) is 13.1. The van der Waals surface area contributed by atoms with Gasteiger partial charge in [-0.2, -0.15) is 0 Å². The maximum atomic E-state index is 5.59. The average Bonchev–Trinajstić information content (AvgIpc) is 3.41. The van der Waals surface area contributed by atoms with Crippen LogP contribution in [-0.2, 0) is 0 Å². The number of aromatic nitrogens is 2. The van der Waals surface area contributed by atoms with Crippen molar-refractivity contribution in [3.8, 4) is 22.8 Å². The van der Waals surface area contributed by atoms with Crippen molar-refractivity contribution < 1.29 is 9.47 Å². The first-order chi connectivity index (χ1) is 20.0. The van der Waals surface area contributed by atoms with Gasteiger partial charge >= 0.3 is 0 Å². The Labute approximate surface area is 243 Å². The number of fused-ring (bicyclic) bond motifs is 1. The highest BCUT2D eigenvalue weighted by Gasteiger charge is 2.28. The topological polar surface area (TPSA) is 65.7 Å². The predicted octanol–water partition coefficient (Wildman–Crippen LogP) is 6.92. The van der Waals surface area contributed by atoms with Crippen LogP contribution in [0, 0.1) is 0 Å². The second kappa shape index (κ2) is 12.0. The largest absolute Gasteiger partial charge is 0.493 e. The molecule has 0 spiro atoms. The number of hydrogen-bond donors (Lipinski definition) is 2. The van der Waals surface area contributed by atoms with Gasteiger partial charge in [-0.05, 0) is 85.7 Å². The number of aromatic amines is 1. The third-order valence-corrected chi connectivity index (χ3v) is 9.01. The van der Waals surface area contributed by atoms with E-state index in [0.29, 0.717) is 18.0 Å². The van der Waals surface area contributed by atoms with Crippen molar-refractivity contribution in [3.05, 3.63) is 66.5 Å². The maximum Gasteiger partial charge on any atom is 0.161 e. The van der Waals surface area contributed by atoms with Gasteiger partial charge in [0, 0.05) is 78.5 Å². The Morgan fingerprint density at radius 3 is 2.27 bits per heavy atom. The molecule has 2 fully saturated rings. The zero-order chi connectivity index (χ0) is 28.3. The van der Waals surface area contributed by atoms with Crippen LogP contribution in [0.4, 0.5) is 11.4 Å². The molecule has 7 heteroatoms. The Kier molecular flexibility index (Phi) is 8.06. The number of H-pyrrole nitrogens is 1. The number of methoxy groups -OCH3 is 2. The van der Waals surface area contributed by atoms with Crippen LogP contribution >= 0.6 is 0 Å². The Balaban J connectivity index is 1.11. The average molecular weight is 554 g/mol. The second-order valence-corrected chi connectivity index (χ2v) is 11.8. The SMILES string of the molecule is COc1ccc(-c2[nH]c3ccc(NC4CCC(N5CCN(c6ccncc6)CC5)CC4)cc3c2C(C)C)cc1OC. The van der Waals surface area contributed by atoms with E-state index < -0.39 is 0 Å². The number of nitrogens with zero attached hydrogens (tertiary/aromatic N) is 3. The van der Waals surface area contributed by atoms with Crippen LogP contribution in [0.2, 0.25) is 0 Å². The molecule has 0 amide bonds. The summed E-state index contributed by atoms with van der Waals surface area (Å²) in [7, 11) is 3.36. The summed E-state index contributed by atoms with van der Waals surface area (Å²) >= 11 is 0. The molecule has 1 saturated heterocycles. The highest BCUT2D eigenvalue weighted by atomic mass is 16.5. The number of benzene rings is 2. The van der Waals surface area contributed by atoms with Crippen LogP contribution in [-0.4, -0.2) is 67.4 Å². The Bertz CT molecular complexity index is 1450.